The summed E-state index contributed by atoms with van der Waals surface area (Å²) in [4.78, 5) is 26.6. The van der Waals surface area contributed by atoms with E-state index in [0.717, 1.165) is 99.4 Å². The summed E-state index contributed by atoms with van der Waals surface area (Å²) >= 11 is 0. The van der Waals surface area contributed by atoms with Crippen LogP contribution >= 0.6 is 0 Å². The molecule has 15 aromatic carbocycles. The summed E-state index contributed by atoms with van der Waals surface area (Å²) in [7, 11) is 0. The van der Waals surface area contributed by atoms with Crippen molar-refractivity contribution >= 4 is 17.2 Å². The minimum Gasteiger partial charge on any atom is -0.457 e. The minimum absolute atomic E-state index is 0. The lowest BCUT2D eigenvalue weighted by molar-refractivity contribution is -0.274. The lowest BCUT2D eigenvalue weighted by atomic mass is 10.0. The summed E-state index contributed by atoms with van der Waals surface area (Å²) in [6.45, 7) is 26.2. The number of nitrogens with zero attached hydrogens (tertiary/aromatic N) is 6. The van der Waals surface area contributed by atoms with Crippen molar-refractivity contribution in [2.75, 3.05) is 36.9 Å². The number of halogens is 3. The molecule has 149 heavy (non-hydrogen) atoms. The number of carbonyl (C=O) groups excluding carboxylic acids is 1. The van der Waals surface area contributed by atoms with Crippen LogP contribution < -0.4 is 20.1 Å². The fourth-order valence-electron chi connectivity index (χ4n) is 12.7. The van der Waals surface area contributed by atoms with Gasteiger partial charge < -0.3 is 24.8 Å². The number of nitrogen functional groups attached to an aromatic ring is 1. The molecule has 4 heterocycles. The van der Waals surface area contributed by atoms with Gasteiger partial charge in [0.2, 0.25) is 0 Å². The van der Waals surface area contributed by atoms with Crippen molar-refractivity contribution < 1.29 is 32.2 Å². The normalized spacial score (nSPS) is 9.83. The Balaban J connectivity index is 0.00000162. The number of ether oxygens (including phenoxy) is 3. The predicted molar refractivity (Wildman–Crippen MR) is 633 cm³/mol. The van der Waals surface area contributed by atoms with Crippen molar-refractivity contribution in [3.05, 3.63) is 550 Å². The van der Waals surface area contributed by atoms with E-state index in [1.165, 1.54) is 90.1 Å². The largest absolute Gasteiger partial charge is 0.573 e. The van der Waals surface area contributed by atoms with Gasteiger partial charge >= 0.3 is 6.36 Å². The van der Waals surface area contributed by atoms with Crippen LogP contribution in [0, 0.1) is 112 Å². The first-order valence-electron chi connectivity index (χ1n) is 45.6. The number of rotatable bonds is 9. The predicted octanol–water partition coefficient (Wildman–Crippen LogP) is 35.9. The molecular weight excluding hydrogens is 1840 g/mol. The number of anilines is 2. The van der Waals surface area contributed by atoms with Crippen LogP contribution in [0.1, 0.15) is 185 Å². The molecule has 0 radical (unpaired) electrons. The van der Waals surface area contributed by atoms with Crippen LogP contribution in [-0.4, -0.2) is 63.2 Å². The highest BCUT2D eigenvalue weighted by Gasteiger charge is 2.31. The van der Waals surface area contributed by atoms with Gasteiger partial charge in [-0.25, -0.2) is 9.67 Å². The van der Waals surface area contributed by atoms with Gasteiger partial charge in [-0.05, 0) is 244 Å². The van der Waals surface area contributed by atoms with Crippen LogP contribution in [0.15, 0.2) is 444 Å². The fraction of sp³-hybridized carbons (Fsp3) is 0.193. The number of hydrogen-bond donors (Lipinski definition) is 1. The molecule has 0 amide bonds. The van der Waals surface area contributed by atoms with Crippen molar-refractivity contribution in [2.45, 2.75) is 157 Å². The molecule has 1 aliphatic heterocycles. The number of aromatic nitrogens is 5. The lowest BCUT2D eigenvalue weighted by Gasteiger charge is -2.28. The number of pyridine rings is 1. The van der Waals surface area contributed by atoms with Gasteiger partial charge in [-0.1, -0.05) is 420 Å². The Morgan fingerprint density at radius 2 is 0.631 bits per heavy atom. The zero-order valence-electron chi connectivity index (χ0n) is 80.5. The molecule has 14 heteroatoms. The summed E-state index contributed by atoms with van der Waals surface area (Å²) in [6.07, 6.45) is 5.95. The molecule has 0 bridgehead atoms. The molecule has 2 N–H and O–H groups in total. The van der Waals surface area contributed by atoms with Crippen molar-refractivity contribution in [3.8, 4) is 80.7 Å². The van der Waals surface area contributed by atoms with Gasteiger partial charge in [0.05, 0.1) is 25.1 Å². The molecule has 3 aromatic heterocycles. The molecule has 1 fully saturated rings. The van der Waals surface area contributed by atoms with Crippen LogP contribution in [0.4, 0.5) is 24.5 Å². The number of alkyl halides is 3. The number of benzene rings is 15. The van der Waals surface area contributed by atoms with E-state index in [-0.39, 0.29) is 85.8 Å². The average molecular weight is 2000 g/mol. The zero-order valence-corrected chi connectivity index (χ0v) is 80.5. The number of nitrogens with two attached hydrogens (primary N) is 1. The van der Waals surface area contributed by atoms with E-state index in [2.05, 4.69) is 272 Å². The molecule has 11 nitrogen and oxygen atoms in total. The Kier molecular flexibility index (Phi) is 64.1. The van der Waals surface area contributed by atoms with Crippen molar-refractivity contribution in [1.29, 1.82) is 0 Å². The number of carbonyl (C=O) groups is 1. The Hall–Kier alpha value is -17.0. The van der Waals surface area contributed by atoms with Gasteiger partial charge in [-0.2, -0.15) is 5.10 Å². The quantitative estimate of drug-likeness (QED) is 0.0847. The molecule has 19 rings (SSSR count). The molecule has 0 atom stereocenters. The second-order valence-electron chi connectivity index (χ2n) is 32.6. The van der Waals surface area contributed by atoms with Crippen LogP contribution in [0.25, 0.3) is 27.9 Å². The monoisotopic (exact) mass is 2000 g/mol. The van der Waals surface area contributed by atoms with Crippen LogP contribution in [0.2, 0.25) is 0 Å². The topological polar surface area (TPSA) is 131 Å². The first-order valence-corrected chi connectivity index (χ1v) is 45.6. The van der Waals surface area contributed by atoms with E-state index in [9.17, 15) is 18.0 Å². The van der Waals surface area contributed by atoms with E-state index < -0.39 is 6.36 Å². The molecule has 18 aromatic rings. The maximum atomic E-state index is 12.0. The van der Waals surface area contributed by atoms with E-state index >= 15 is 0 Å². The van der Waals surface area contributed by atoms with Crippen LogP contribution in [-0.2, 0) is 4.74 Å². The first-order chi connectivity index (χ1) is 67.3. The number of ketones is 1. The maximum Gasteiger partial charge on any atom is 0.573 e. The van der Waals surface area contributed by atoms with Gasteiger partial charge in [0.1, 0.15) is 22.9 Å². The highest BCUT2D eigenvalue weighted by molar-refractivity contribution is 6.09. The summed E-state index contributed by atoms with van der Waals surface area (Å²) in [5, 5.41) is 4.13. The average Bonchev–Trinajstić information content (AvgIpc) is 1.79. The lowest BCUT2D eigenvalue weighted by Crippen LogP contribution is -2.36. The second-order valence-corrected chi connectivity index (χ2v) is 32.6. The van der Waals surface area contributed by atoms with Crippen LogP contribution in [0.3, 0.4) is 0 Å². The van der Waals surface area contributed by atoms with Crippen molar-refractivity contribution in [2.24, 2.45) is 0 Å². The molecular formula is C135H156F3N7O4. The zero-order chi connectivity index (χ0) is 98.6. The summed E-state index contributed by atoms with van der Waals surface area (Å²) in [5.41, 5.74) is 34.3. The molecule has 0 aliphatic carbocycles. The Bertz CT molecular complexity index is 6580. The SMILES string of the molecule is C.C.C.C.C.C.C.C.C.C.Cc1ccc(-c2ccc(N)cc2)cc1.Cc1ccc(-c2ccccc2)cn1.Cc1ccc(-n2cccn2)cc1.Cc1ccc(C#Cc2ccc(C)cc2)cc1.Cc1ccc(C#Cc2ccccc2)cc1.Cc1ccc(C#Cc2cnccn2)cc1.Cc1ccc(C(=O)c2ccccc2)cc1.Cc1ccc(N2CCOCC2)cc1.Cc1ccc(OC(F)(F)F)cc1.Cc1ccc(Oc2ccccc2)cc1. The van der Waals surface area contributed by atoms with E-state index in [0.29, 0.717) is 5.69 Å². The number of hydrogen-bond acceptors (Lipinski definition) is 10. The van der Waals surface area contributed by atoms with Crippen LogP contribution in [0.5, 0.6) is 17.2 Å². The van der Waals surface area contributed by atoms with E-state index in [1.54, 1.807) is 43.8 Å². The molecule has 776 valence electrons. The van der Waals surface area contributed by atoms with E-state index in [4.69, 9.17) is 15.2 Å². The Morgan fingerprint density at radius 1 is 0.309 bits per heavy atom. The number of para-hydroxylation sites is 1. The number of morpholine rings is 1. The fourth-order valence-corrected chi connectivity index (χ4v) is 12.7. The van der Waals surface area contributed by atoms with E-state index in [1.807, 2.05) is 261 Å². The second kappa shape index (κ2) is 72.3. The smallest absolute Gasteiger partial charge is 0.457 e. The maximum absolute atomic E-state index is 12.0. The van der Waals surface area contributed by atoms with Crippen molar-refractivity contribution in [3.63, 3.8) is 0 Å². The molecule has 0 unspecified atom stereocenters. The number of aryl methyl sites for hydroxylation is 11. The summed E-state index contributed by atoms with van der Waals surface area (Å²) in [5.74, 6) is 20.2. The Labute approximate surface area is 892 Å². The summed E-state index contributed by atoms with van der Waals surface area (Å²) < 4.78 is 51.3. The molecule has 1 aliphatic rings. The first kappa shape index (κ1) is 132. The van der Waals surface area contributed by atoms with Gasteiger partial charge in [0.25, 0.3) is 0 Å². The standard InChI is InChI=1S/C16H14.C15H12.C14H12O.C13H10N2.C13H13N.C13H12O.C12H11N.C11H15NO.C10H10N2.C8H7F3O.10CH4/c1-13-3-7-15(8-4-13)11-12-16-9-5-14(2)6-10-16;1-13-7-9-15(10-8-13)12-11-14-5-3-2-4-6-14;1-11-7-9-13(10-8-11)14(15)12-5-3-2-4-6-12;1-11-2-4-12(5-3-11)6-7-13-10-14-8-9-15-13;1-10-2-4-11(5-3-10)12-6-8-13(14)9-7-12;1-11-7-9-13(10-8-11)14-12-5-3-2-4-6-12;1-10-7-8-12(9-13-10)11-5-3-2-4-6-11;1-10-2-4-11(5-3-10)12-6-8-13-9-7-12;1-9-3-5-10(6-4-9)12-8-2-7-11-12;1-6-2-4-7(5-3-6)12-8(9,10)11;;;;;;;;;;/h3-10H,1-2H3;2*2-10H,1H3;2-5,8-10H,1H3;2-9H,14H2,1H3;2-10H,1H3;2-9H,1H3;2-5H,6-9H2,1H3;2-8H,1H3;2-5H,1H3;10*1H4. The third kappa shape index (κ3) is 51.4. The summed E-state index contributed by atoms with van der Waals surface area (Å²) in [6, 6.07) is 133. The van der Waals surface area contributed by atoms with Gasteiger partial charge in [-0.15, -0.1) is 13.2 Å². The third-order valence-corrected chi connectivity index (χ3v) is 20.7. The molecule has 1 saturated heterocycles. The Morgan fingerprint density at radius 3 is 1.01 bits per heavy atom. The highest BCUT2D eigenvalue weighted by Crippen LogP contribution is 2.26. The molecule has 0 spiro atoms. The highest BCUT2D eigenvalue weighted by atomic mass is 19.4. The van der Waals surface area contributed by atoms with Gasteiger partial charge in [-0.3, -0.25) is 14.8 Å². The minimum atomic E-state index is -4.60. The molecule has 0 saturated carbocycles. The third-order valence-electron chi connectivity index (χ3n) is 20.7. The van der Waals surface area contributed by atoms with Gasteiger partial charge in [0.15, 0.2) is 5.78 Å². The van der Waals surface area contributed by atoms with Gasteiger partial charge in [0, 0.05) is 106 Å². The van der Waals surface area contributed by atoms with Crippen molar-refractivity contribution in [1.82, 2.24) is 24.7 Å².